The van der Waals surface area contributed by atoms with Gasteiger partial charge in [-0.05, 0) is 19.5 Å². The topological polar surface area (TPSA) is 74.5 Å². The molecule has 5 nitrogen and oxygen atoms in total. The predicted octanol–water partition coefficient (Wildman–Crippen LogP) is 1.40. The minimum Gasteiger partial charge on any atom is -0.505 e. The summed E-state index contributed by atoms with van der Waals surface area (Å²) < 4.78 is 15.6. The average molecular weight is 296 g/mol. The molecule has 116 valence electrons. The monoisotopic (exact) mass is 296 g/mol. The molecule has 0 spiro atoms. The summed E-state index contributed by atoms with van der Waals surface area (Å²) in [4.78, 5) is 10.8. The highest BCUT2D eigenvalue weighted by Crippen LogP contribution is 2.35. The minimum atomic E-state index is -0.643. The number of aliphatic hydroxyl groups is 1. The largest absolute Gasteiger partial charge is 0.505 e. The molecule has 2 rings (SSSR count). The number of carbonyl (C=O) groups excluding carboxylic acids is 1. The highest BCUT2D eigenvalue weighted by Gasteiger charge is 2.20. The van der Waals surface area contributed by atoms with Crippen molar-refractivity contribution in [2.45, 2.75) is 19.9 Å². The summed E-state index contributed by atoms with van der Waals surface area (Å²) in [5, 5.41) is 20.6. The molecule has 1 aromatic carbocycles. The van der Waals surface area contributed by atoms with E-state index >= 15 is 0 Å². The van der Waals surface area contributed by atoms with Crippen LogP contribution >= 0.6 is 0 Å². The lowest BCUT2D eigenvalue weighted by molar-refractivity contribution is -0.107. The molecule has 1 aromatic heterocycles. The van der Waals surface area contributed by atoms with E-state index in [4.69, 9.17) is 5.11 Å². The molecule has 1 heterocycles. The van der Waals surface area contributed by atoms with Gasteiger partial charge in [0.2, 0.25) is 0 Å². The summed E-state index contributed by atoms with van der Waals surface area (Å²) >= 11 is 0. The molecule has 0 fully saturated rings. The van der Waals surface area contributed by atoms with Crippen molar-refractivity contribution in [2.24, 2.45) is 7.05 Å². The van der Waals surface area contributed by atoms with Gasteiger partial charge in [-0.15, -0.1) is 0 Å². The van der Waals surface area contributed by atoms with Crippen LogP contribution in [0.2, 0.25) is 0 Å². The lowest BCUT2D eigenvalue weighted by atomic mass is 10.0. The van der Waals surface area contributed by atoms with Gasteiger partial charge in [0, 0.05) is 49.8 Å². The Morgan fingerprint density at radius 1 is 1.38 bits per heavy atom. The van der Waals surface area contributed by atoms with Gasteiger partial charge in [-0.2, -0.15) is 0 Å². The van der Waals surface area contributed by atoms with Crippen LogP contribution in [-0.2, 0) is 24.8 Å². The molecule has 0 amide bonds. The number of hydrogen-bond acceptors (Lipinski definition) is 4. The molecule has 0 saturated heterocycles. The number of phenolic OH excluding ortho intramolecular Hbond substituents is 1. The molecule has 0 radical (unpaired) electrons. The Kier molecular flexibility index (Phi) is 5.87. The van der Waals surface area contributed by atoms with Gasteiger partial charge >= 0.3 is 0 Å². The quantitative estimate of drug-likeness (QED) is 0.746. The second kappa shape index (κ2) is 7.19. The number of aromatic hydroxyl groups is 1. The van der Waals surface area contributed by atoms with Crippen LogP contribution in [0.25, 0.3) is 10.9 Å². The van der Waals surface area contributed by atoms with E-state index in [1.165, 1.54) is 6.07 Å². The standard InChI is InChI=1S/C14H17FN2O2.CH4O/c1-8-9(4-5-18)13-10(7-16-2)14(19)11(15)6-12(13)17(8)3;1-2/h5-6,16,19H,4,7H2,1-3H3;2H,1H3. The molecule has 2 aromatic rings. The van der Waals surface area contributed by atoms with Gasteiger partial charge in [0.1, 0.15) is 6.29 Å². The maximum absolute atomic E-state index is 13.8. The number of carbonyl (C=O) groups is 1. The summed E-state index contributed by atoms with van der Waals surface area (Å²) in [7, 11) is 4.55. The van der Waals surface area contributed by atoms with E-state index in [9.17, 15) is 14.3 Å². The van der Waals surface area contributed by atoms with Crippen molar-refractivity contribution in [3.05, 3.63) is 28.7 Å². The van der Waals surface area contributed by atoms with E-state index in [0.29, 0.717) is 17.6 Å². The van der Waals surface area contributed by atoms with Crippen molar-refractivity contribution in [3.63, 3.8) is 0 Å². The highest BCUT2D eigenvalue weighted by molar-refractivity contribution is 5.92. The second-order valence-corrected chi connectivity index (χ2v) is 4.60. The number of nitrogens with zero attached hydrogens (tertiary/aromatic N) is 1. The van der Waals surface area contributed by atoms with Crippen LogP contribution in [0.4, 0.5) is 4.39 Å². The number of aromatic nitrogens is 1. The maximum Gasteiger partial charge on any atom is 0.167 e. The summed E-state index contributed by atoms with van der Waals surface area (Å²) in [5.41, 5.74) is 2.94. The maximum atomic E-state index is 13.8. The number of aryl methyl sites for hydroxylation is 1. The highest BCUT2D eigenvalue weighted by atomic mass is 19.1. The molecule has 0 aliphatic heterocycles. The third-order valence-corrected chi connectivity index (χ3v) is 3.58. The first kappa shape index (κ1) is 17.1. The summed E-state index contributed by atoms with van der Waals surface area (Å²) in [6.07, 6.45) is 1.08. The summed E-state index contributed by atoms with van der Waals surface area (Å²) in [5.74, 6) is -0.990. The van der Waals surface area contributed by atoms with Crippen LogP contribution in [0.5, 0.6) is 5.75 Å². The lowest BCUT2D eigenvalue weighted by Crippen LogP contribution is -2.07. The average Bonchev–Trinajstić information content (AvgIpc) is 2.71. The van der Waals surface area contributed by atoms with Gasteiger partial charge in [-0.25, -0.2) is 4.39 Å². The van der Waals surface area contributed by atoms with E-state index < -0.39 is 5.82 Å². The summed E-state index contributed by atoms with van der Waals surface area (Å²) in [6.45, 7) is 2.23. The number of aldehydes is 1. The number of hydrogen-bond donors (Lipinski definition) is 3. The molecule has 21 heavy (non-hydrogen) atoms. The van der Waals surface area contributed by atoms with Gasteiger partial charge in [0.05, 0.1) is 5.52 Å². The van der Waals surface area contributed by atoms with Crippen molar-refractivity contribution in [2.75, 3.05) is 14.2 Å². The first-order chi connectivity index (χ1) is 10.0. The molecular weight excluding hydrogens is 275 g/mol. The molecule has 0 atom stereocenters. The Morgan fingerprint density at radius 3 is 2.52 bits per heavy atom. The molecule has 0 saturated carbocycles. The molecule has 0 aliphatic carbocycles. The fourth-order valence-corrected chi connectivity index (χ4v) is 2.52. The van der Waals surface area contributed by atoms with E-state index in [1.54, 1.807) is 7.05 Å². The smallest absolute Gasteiger partial charge is 0.167 e. The van der Waals surface area contributed by atoms with E-state index in [0.717, 1.165) is 30.0 Å². The molecule has 0 aliphatic rings. The van der Waals surface area contributed by atoms with Gasteiger partial charge in [0.25, 0.3) is 0 Å². The van der Waals surface area contributed by atoms with Crippen molar-refractivity contribution in [1.29, 1.82) is 0 Å². The molecule has 6 heteroatoms. The van der Waals surface area contributed by atoms with Gasteiger partial charge in [-0.3, -0.25) is 0 Å². The zero-order chi connectivity index (χ0) is 16.2. The van der Waals surface area contributed by atoms with Crippen LogP contribution in [-0.4, -0.2) is 35.2 Å². The summed E-state index contributed by atoms with van der Waals surface area (Å²) in [6, 6.07) is 1.31. The van der Waals surface area contributed by atoms with Crippen LogP contribution in [0, 0.1) is 12.7 Å². The zero-order valence-corrected chi connectivity index (χ0v) is 12.7. The number of nitrogens with one attached hydrogen (secondary N) is 1. The zero-order valence-electron chi connectivity index (χ0n) is 12.7. The first-order valence-electron chi connectivity index (χ1n) is 6.54. The SMILES string of the molecule is CNCc1c(O)c(F)cc2c1c(CC=O)c(C)n2C.CO. The van der Waals surface area contributed by atoms with Crippen LogP contribution < -0.4 is 5.32 Å². The number of aliphatic hydroxyl groups excluding tert-OH is 1. The fourth-order valence-electron chi connectivity index (χ4n) is 2.52. The van der Waals surface area contributed by atoms with E-state index in [-0.39, 0.29) is 12.2 Å². The Balaban J connectivity index is 0.00000106. The van der Waals surface area contributed by atoms with Crippen LogP contribution in [0.15, 0.2) is 6.07 Å². The van der Waals surface area contributed by atoms with Crippen molar-refractivity contribution < 1.29 is 19.4 Å². The number of halogens is 1. The molecule has 3 N–H and O–H groups in total. The third-order valence-electron chi connectivity index (χ3n) is 3.58. The number of rotatable bonds is 4. The lowest BCUT2D eigenvalue weighted by Gasteiger charge is -2.09. The minimum absolute atomic E-state index is 0.255. The second-order valence-electron chi connectivity index (χ2n) is 4.60. The van der Waals surface area contributed by atoms with Crippen molar-refractivity contribution in [3.8, 4) is 5.75 Å². The molecule has 0 bridgehead atoms. The fraction of sp³-hybridized carbons (Fsp3) is 0.400. The third kappa shape index (κ3) is 2.91. The molecule has 0 unspecified atom stereocenters. The normalized spacial score (nSPS) is 10.4. The predicted molar refractivity (Wildman–Crippen MR) is 80.0 cm³/mol. The van der Waals surface area contributed by atoms with E-state index in [2.05, 4.69) is 5.32 Å². The number of benzene rings is 1. The Labute approximate surface area is 123 Å². The van der Waals surface area contributed by atoms with E-state index in [1.807, 2.05) is 18.5 Å². The van der Waals surface area contributed by atoms with Gasteiger partial charge in [-0.1, -0.05) is 0 Å². The Morgan fingerprint density at radius 2 is 2.00 bits per heavy atom. The molecular formula is C15H21FN2O3. The van der Waals surface area contributed by atoms with Crippen molar-refractivity contribution >= 4 is 17.2 Å². The Hall–Kier alpha value is -1.92. The van der Waals surface area contributed by atoms with Gasteiger partial charge in [0.15, 0.2) is 11.6 Å². The first-order valence-corrected chi connectivity index (χ1v) is 6.54. The Bertz CT molecular complexity index is 650. The van der Waals surface area contributed by atoms with Gasteiger partial charge < -0.3 is 24.9 Å². The number of fused-ring (bicyclic) bond motifs is 1. The van der Waals surface area contributed by atoms with Crippen LogP contribution in [0.1, 0.15) is 16.8 Å². The van der Waals surface area contributed by atoms with Crippen LogP contribution in [0.3, 0.4) is 0 Å². The number of phenols is 1. The van der Waals surface area contributed by atoms with Crippen molar-refractivity contribution in [1.82, 2.24) is 9.88 Å².